The van der Waals surface area contributed by atoms with Gasteiger partial charge < -0.3 is 0 Å². The third-order valence-corrected chi connectivity index (χ3v) is 2.11. The maximum absolute atomic E-state index is 3.73. The zero-order valence-corrected chi connectivity index (χ0v) is 6.05. The molecule has 0 nitrogen and oxygen atoms in total. The van der Waals surface area contributed by atoms with Crippen LogP contribution >= 0.6 is 27.3 Å². The Hall–Kier alpha value is 0.0500. The van der Waals surface area contributed by atoms with Crippen molar-refractivity contribution in [2.75, 3.05) is 0 Å². The molecule has 0 saturated heterocycles. The molecule has 0 aliphatic heterocycles. The van der Waals surface area contributed by atoms with Crippen molar-refractivity contribution in [2.24, 2.45) is 0 Å². The standard InChI is InChI=1S/C5H4BrS/c1-4-2-3-5(6)7-4/h2-3H,1H2/q-1. The topological polar surface area (TPSA) is 0 Å². The molecule has 38 valence electrons. The molecule has 0 saturated carbocycles. The van der Waals surface area contributed by atoms with Crippen molar-refractivity contribution in [3.05, 3.63) is 27.7 Å². The van der Waals surface area contributed by atoms with Gasteiger partial charge in [-0.1, -0.05) is 0 Å². The van der Waals surface area contributed by atoms with Gasteiger partial charge in [0.15, 0.2) is 0 Å². The Morgan fingerprint density at radius 2 is 2.29 bits per heavy atom. The van der Waals surface area contributed by atoms with E-state index < -0.39 is 0 Å². The Morgan fingerprint density at radius 1 is 1.57 bits per heavy atom. The van der Waals surface area contributed by atoms with Crippen molar-refractivity contribution >= 4 is 27.3 Å². The second-order valence-electron chi connectivity index (χ2n) is 1.21. The fourth-order valence-electron chi connectivity index (χ4n) is 0.352. The predicted molar refractivity (Wildman–Crippen MR) is 36.5 cm³/mol. The van der Waals surface area contributed by atoms with Gasteiger partial charge in [0.05, 0.1) is 0 Å². The van der Waals surface area contributed by atoms with Crippen LogP contribution in [0.1, 0.15) is 4.88 Å². The molecule has 0 radical (unpaired) electrons. The van der Waals surface area contributed by atoms with Gasteiger partial charge in [0.1, 0.15) is 0 Å². The molecule has 0 amide bonds. The van der Waals surface area contributed by atoms with Gasteiger partial charge in [-0.2, -0.15) is 17.4 Å². The normalized spacial score (nSPS) is 9.29. The van der Waals surface area contributed by atoms with Crippen LogP contribution in [0.25, 0.3) is 0 Å². The first-order valence-electron chi connectivity index (χ1n) is 1.86. The molecule has 0 spiro atoms. The van der Waals surface area contributed by atoms with Gasteiger partial charge in [-0.05, 0) is 15.9 Å². The highest BCUT2D eigenvalue weighted by atomic mass is 79.9. The lowest BCUT2D eigenvalue weighted by Gasteiger charge is -1.80. The summed E-state index contributed by atoms with van der Waals surface area (Å²) < 4.78 is 1.15. The van der Waals surface area contributed by atoms with Crippen molar-refractivity contribution in [3.63, 3.8) is 0 Å². The van der Waals surface area contributed by atoms with E-state index >= 15 is 0 Å². The van der Waals surface area contributed by atoms with Crippen LogP contribution in [0.5, 0.6) is 0 Å². The molecule has 1 heterocycles. The van der Waals surface area contributed by atoms with E-state index in [1.54, 1.807) is 11.3 Å². The van der Waals surface area contributed by atoms with Crippen LogP contribution < -0.4 is 0 Å². The van der Waals surface area contributed by atoms with Gasteiger partial charge in [0.25, 0.3) is 0 Å². The van der Waals surface area contributed by atoms with E-state index in [4.69, 9.17) is 0 Å². The first kappa shape index (κ1) is 5.19. The third kappa shape index (κ3) is 1.21. The zero-order valence-electron chi connectivity index (χ0n) is 3.65. The molecule has 1 rings (SSSR count). The summed E-state index contributed by atoms with van der Waals surface area (Å²) in [4.78, 5) is 1.10. The van der Waals surface area contributed by atoms with Crippen LogP contribution in [0.4, 0.5) is 0 Å². The molecule has 1 aromatic heterocycles. The van der Waals surface area contributed by atoms with Gasteiger partial charge in [-0.3, -0.25) is 0 Å². The summed E-state index contributed by atoms with van der Waals surface area (Å²) in [7, 11) is 0. The van der Waals surface area contributed by atoms with E-state index in [0.29, 0.717) is 0 Å². The Bertz CT molecular complexity index is 140. The summed E-state index contributed by atoms with van der Waals surface area (Å²) in [6.07, 6.45) is 0. The van der Waals surface area contributed by atoms with Crippen molar-refractivity contribution in [1.29, 1.82) is 0 Å². The van der Waals surface area contributed by atoms with E-state index in [-0.39, 0.29) is 0 Å². The minimum atomic E-state index is 1.10. The first-order valence-corrected chi connectivity index (χ1v) is 3.47. The summed E-state index contributed by atoms with van der Waals surface area (Å²) in [5.41, 5.74) is 0. The van der Waals surface area contributed by atoms with Crippen LogP contribution in [0.2, 0.25) is 0 Å². The van der Waals surface area contributed by atoms with Gasteiger partial charge in [0.2, 0.25) is 0 Å². The van der Waals surface area contributed by atoms with Crippen LogP contribution in [-0.4, -0.2) is 0 Å². The number of hydrogen-bond donors (Lipinski definition) is 0. The highest BCUT2D eigenvalue weighted by Gasteiger charge is 1.78. The molecule has 7 heavy (non-hydrogen) atoms. The molecule has 0 aliphatic carbocycles. The molecule has 0 N–H and O–H groups in total. The van der Waals surface area contributed by atoms with Crippen molar-refractivity contribution in [2.45, 2.75) is 0 Å². The van der Waals surface area contributed by atoms with E-state index in [1.807, 2.05) is 12.1 Å². The molecular formula is C5H4BrS-. The van der Waals surface area contributed by atoms with E-state index in [9.17, 15) is 0 Å². The molecule has 0 bridgehead atoms. The Morgan fingerprint density at radius 3 is 2.43 bits per heavy atom. The minimum Gasteiger partial charge on any atom is -0.228 e. The molecule has 2 heteroatoms. The molecule has 0 fully saturated rings. The fourth-order valence-corrected chi connectivity index (χ4v) is 1.63. The molecule has 0 aromatic carbocycles. The van der Waals surface area contributed by atoms with E-state index in [1.165, 1.54) is 0 Å². The zero-order chi connectivity index (χ0) is 5.28. The second-order valence-corrected chi connectivity index (χ2v) is 3.75. The third-order valence-electron chi connectivity index (χ3n) is 0.629. The number of hydrogen-bond acceptors (Lipinski definition) is 1. The van der Waals surface area contributed by atoms with Gasteiger partial charge in [-0.15, -0.1) is 10.9 Å². The Labute approximate surface area is 55.3 Å². The van der Waals surface area contributed by atoms with Gasteiger partial charge >= 0.3 is 0 Å². The Kier molecular flexibility index (Phi) is 1.40. The average molecular weight is 176 g/mol. The summed E-state index contributed by atoms with van der Waals surface area (Å²) in [6, 6.07) is 3.97. The fraction of sp³-hybridized carbons (Fsp3) is 0. The van der Waals surface area contributed by atoms with E-state index in [0.717, 1.165) is 8.66 Å². The second kappa shape index (κ2) is 1.88. The molecule has 0 atom stereocenters. The van der Waals surface area contributed by atoms with Gasteiger partial charge in [0, 0.05) is 3.79 Å². The molecule has 1 aromatic rings. The van der Waals surface area contributed by atoms with E-state index in [2.05, 4.69) is 22.9 Å². The molecule has 0 aliphatic rings. The number of thiophene rings is 1. The monoisotopic (exact) mass is 175 g/mol. The largest absolute Gasteiger partial charge is 0.228 e. The number of halogens is 1. The smallest absolute Gasteiger partial charge is 0.0497 e. The van der Waals surface area contributed by atoms with Crippen molar-refractivity contribution in [1.82, 2.24) is 0 Å². The summed E-state index contributed by atoms with van der Waals surface area (Å²) in [5.74, 6) is 0. The van der Waals surface area contributed by atoms with Crippen LogP contribution in [0.15, 0.2) is 15.9 Å². The minimum absolute atomic E-state index is 1.10. The van der Waals surface area contributed by atoms with Crippen molar-refractivity contribution in [3.8, 4) is 0 Å². The van der Waals surface area contributed by atoms with Crippen LogP contribution in [-0.2, 0) is 0 Å². The van der Waals surface area contributed by atoms with Crippen molar-refractivity contribution < 1.29 is 0 Å². The quantitative estimate of drug-likeness (QED) is 0.533. The maximum Gasteiger partial charge on any atom is 0.0497 e. The summed E-state index contributed by atoms with van der Waals surface area (Å²) >= 11 is 4.96. The summed E-state index contributed by atoms with van der Waals surface area (Å²) in [5, 5.41) is 0. The summed E-state index contributed by atoms with van der Waals surface area (Å²) in [6.45, 7) is 3.73. The Balaban J connectivity index is 3.04. The highest BCUT2D eigenvalue weighted by Crippen LogP contribution is 2.20. The molecular weight excluding hydrogens is 172 g/mol. The van der Waals surface area contributed by atoms with Crippen LogP contribution in [0, 0.1) is 6.92 Å². The SMILES string of the molecule is [CH2-]c1ccc(Br)s1. The van der Waals surface area contributed by atoms with Crippen LogP contribution in [0.3, 0.4) is 0 Å². The average Bonchev–Trinajstić information content (AvgIpc) is 1.87. The maximum atomic E-state index is 3.73. The lowest BCUT2D eigenvalue weighted by atomic mass is 10.5. The lowest BCUT2D eigenvalue weighted by Crippen LogP contribution is -1.43. The first-order chi connectivity index (χ1) is 3.29. The highest BCUT2D eigenvalue weighted by molar-refractivity contribution is 9.11. The lowest BCUT2D eigenvalue weighted by molar-refractivity contribution is 1.87. The predicted octanol–water partition coefficient (Wildman–Crippen LogP) is 2.69. The van der Waals surface area contributed by atoms with Gasteiger partial charge in [-0.25, -0.2) is 6.92 Å². The number of rotatable bonds is 0. The molecule has 0 unspecified atom stereocenters.